The van der Waals surface area contributed by atoms with Crippen LogP contribution < -0.4 is 0 Å². The molecule has 4 fully saturated rings. The summed E-state index contributed by atoms with van der Waals surface area (Å²) in [5.41, 5.74) is 0. The zero-order valence-corrected chi connectivity index (χ0v) is 11.3. The first-order valence-corrected chi connectivity index (χ1v) is 7.99. The summed E-state index contributed by atoms with van der Waals surface area (Å²) in [7, 11) is 0. The van der Waals surface area contributed by atoms with Crippen molar-refractivity contribution >= 4 is 0 Å². The van der Waals surface area contributed by atoms with Crippen LogP contribution in [-0.2, 0) is 0 Å². The van der Waals surface area contributed by atoms with Gasteiger partial charge in [0.1, 0.15) is 0 Å². The number of rotatable bonds is 0. The van der Waals surface area contributed by atoms with Gasteiger partial charge in [-0.05, 0) is 57.0 Å². The Labute approximate surface area is 110 Å². The SMILES string of the molecule is OC1CCCN2C[C@@H]3C[C@@H](CN4CCCC[C@H]34)[C@H]12. The van der Waals surface area contributed by atoms with Crippen LogP contribution in [0, 0.1) is 11.8 Å². The number of aliphatic hydroxyl groups excluding tert-OH is 1. The van der Waals surface area contributed by atoms with Crippen LogP contribution in [0.25, 0.3) is 0 Å². The number of fused-ring (bicyclic) bond motifs is 6. The van der Waals surface area contributed by atoms with Crippen molar-refractivity contribution in [3.05, 3.63) is 0 Å². The number of nitrogens with zero attached hydrogens (tertiary/aromatic N) is 2. The molecule has 3 nitrogen and oxygen atoms in total. The van der Waals surface area contributed by atoms with E-state index >= 15 is 0 Å². The van der Waals surface area contributed by atoms with Crippen molar-refractivity contribution in [3.8, 4) is 0 Å². The Hall–Kier alpha value is -0.120. The molecule has 0 aromatic heterocycles. The Balaban J connectivity index is 1.58. The molecule has 0 spiro atoms. The summed E-state index contributed by atoms with van der Waals surface area (Å²) in [4.78, 5) is 5.40. The minimum Gasteiger partial charge on any atom is -0.391 e. The van der Waals surface area contributed by atoms with Crippen LogP contribution in [0.2, 0.25) is 0 Å². The second kappa shape index (κ2) is 4.46. The predicted octanol–water partition coefficient (Wildman–Crippen LogP) is 1.32. The average molecular weight is 250 g/mol. The first-order valence-electron chi connectivity index (χ1n) is 7.99. The molecule has 4 heterocycles. The van der Waals surface area contributed by atoms with E-state index in [4.69, 9.17) is 0 Å². The van der Waals surface area contributed by atoms with Crippen molar-refractivity contribution in [1.29, 1.82) is 0 Å². The molecule has 3 heteroatoms. The Morgan fingerprint density at radius 2 is 1.67 bits per heavy atom. The Morgan fingerprint density at radius 1 is 0.833 bits per heavy atom. The molecule has 5 atom stereocenters. The van der Waals surface area contributed by atoms with E-state index in [1.54, 1.807) is 0 Å². The van der Waals surface area contributed by atoms with Crippen molar-refractivity contribution in [2.24, 2.45) is 11.8 Å². The van der Waals surface area contributed by atoms with Gasteiger partial charge in [-0.3, -0.25) is 9.80 Å². The quantitative estimate of drug-likeness (QED) is 0.702. The second-order valence-corrected chi connectivity index (χ2v) is 7.01. The van der Waals surface area contributed by atoms with E-state index in [-0.39, 0.29) is 6.10 Å². The van der Waals surface area contributed by atoms with Crippen molar-refractivity contribution in [3.63, 3.8) is 0 Å². The summed E-state index contributed by atoms with van der Waals surface area (Å²) in [6, 6.07) is 1.35. The molecule has 4 saturated heterocycles. The highest BCUT2D eigenvalue weighted by Gasteiger charge is 2.48. The molecule has 2 bridgehead atoms. The fraction of sp³-hybridized carbons (Fsp3) is 1.00. The minimum absolute atomic E-state index is 0.0500. The largest absolute Gasteiger partial charge is 0.391 e. The summed E-state index contributed by atoms with van der Waals surface area (Å²) in [5.74, 6) is 1.64. The lowest BCUT2D eigenvalue weighted by Crippen LogP contribution is -2.66. The van der Waals surface area contributed by atoms with E-state index in [1.807, 2.05) is 0 Å². The third-order valence-electron chi connectivity index (χ3n) is 6.00. The van der Waals surface area contributed by atoms with Crippen LogP contribution in [-0.4, -0.2) is 59.3 Å². The van der Waals surface area contributed by atoms with Gasteiger partial charge in [0.2, 0.25) is 0 Å². The topological polar surface area (TPSA) is 26.7 Å². The summed E-state index contributed by atoms with van der Waals surface area (Å²) < 4.78 is 0. The van der Waals surface area contributed by atoms with Gasteiger partial charge in [-0.1, -0.05) is 6.42 Å². The van der Waals surface area contributed by atoms with Crippen molar-refractivity contribution in [2.75, 3.05) is 26.2 Å². The van der Waals surface area contributed by atoms with E-state index < -0.39 is 0 Å². The van der Waals surface area contributed by atoms with Crippen LogP contribution in [0.4, 0.5) is 0 Å². The maximum atomic E-state index is 10.4. The number of hydrogen-bond donors (Lipinski definition) is 1. The molecule has 0 aromatic rings. The smallest absolute Gasteiger partial charge is 0.0699 e. The van der Waals surface area contributed by atoms with E-state index in [2.05, 4.69) is 9.80 Å². The first kappa shape index (κ1) is 11.7. The molecule has 1 unspecified atom stereocenters. The summed E-state index contributed by atoms with van der Waals surface area (Å²) in [6.45, 7) is 5.08. The molecule has 4 aliphatic rings. The van der Waals surface area contributed by atoms with Crippen molar-refractivity contribution in [1.82, 2.24) is 9.80 Å². The lowest BCUT2D eigenvalue weighted by atomic mass is 9.70. The van der Waals surface area contributed by atoms with E-state index in [9.17, 15) is 5.11 Å². The van der Waals surface area contributed by atoms with Gasteiger partial charge in [-0.25, -0.2) is 0 Å². The molecule has 1 N–H and O–H groups in total. The molecule has 4 rings (SSSR count). The molecule has 0 amide bonds. The number of hydrogen-bond acceptors (Lipinski definition) is 3. The van der Waals surface area contributed by atoms with Gasteiger partial charge in [-0.2, -0.15) is 0 Å². The number of aliphatic hydroxyl groups is 1. The lowest BCUT2D eigenvalue weighted by molar-refractivity contribution is -0.111. The first-order chi connectivity index (χ1) is 8.83. The van der Waals surface area contributed by atoms with Crippen LogP contribution in [0.3, 0.4) is 0 Å². The molecular weight excluding hydrogens is 224 g/mol. The predicted molar refractivity (Wildman–Crippen MR) is 71.4 cm³/mol. The minimum atomic E-state index is -0.0500. The maximum Gasteiger partial charge on any atom is 0.0699 e. The van der Waals surface area contributed by atoms with Gasteiger partial charge in [0.25, 0.3) is 0 Å². The van der Waals surface area contributed by atoms with Gasteiger partial charge in [0.05, 0.1) is 6.10 Å². The summed E-state index contributed by atoms with van der Waals surface area (Å²) >= 11 is 0. The molecule has 0 saturated carbocycles. The third-order valence-corrected chi connectivity index (χ3v) is 6.00. The fourth-order valence-electron chi connectivity index (χ4n) is 5.34. The zero-order valence-electron chi connectivity index (χ0n) is 11.3. The van der Waals surface area contributed by atoms with Gasteiger partial charge in [0, 0.05) is 25.2 Å². The van der Waals surface area contributed by atoms with Crippen LogP contribution in [0.5, 0.6) is 0 Å². The highest BCUT2D eigenvalue weighted by Crippen LogP contribution is 2.42. The summed E-state index contributed by atoms with van der Waals surface area (Å²) in [5, 5.41) is 10.4. The van der Waals surface area contributed by atoms with Gasteiger partial charge in [-0.15, -0.1) is 0 Å². The van der Waals surface area contributed by atoms with Gasteiger partial charge < -0.3 is 5.11 Å². The molecule has 18 heavy (non-hydrogen) atoms. The molecule has 102 valence electrons. The monoisotopic (exact) mass is 250 g/mol. The molecule has 0 aliphatic carbocycles. The van der Waals surface area contributed by atoms with Gasteiger partial charge in [0.15, 0.2) is 0 Å². The zero-order chi connectivity index (χ0) is 12.1. The average Bonchev–Trinajstić information content (AvgIpc) is 2.39. The second-order valence-electron chi connectivity index (χ2n) is 7.01. The normalized spacial score (nSPS) is 49.5. The Kier molecular flexibility index (Phi) is 2.90. The van der Waals surface area contributed by atoms with Crippen LogP contribution in [0.1, 0.15) is 38.5 Å². The van der Waals surface area contributed by atoms with E-state index in [0.29, 0.717) is 6.04 Å². The standard InChI is InChI=1S/C15H26N2O/c18-14-5-3-7-17-9-11-8-12(15(14)17)10-16-6-2-1-4-13(11)16/h11-15,18H,1-10H2/t11-,12-,13+,14?,15+/m0/s1. The van der Waals surface area contributed by atoms with Crippen LogP contribution >= 0.6 is 0 Å². The molecule has 0 radical (unpaired) electrons. The Morgan fingerprint density at radius 3 is 2.61 bits per heavy atom. The number of piperidine rings is 4. The fourth-order valence-corrected chi connectivity index (χ4v) is 5.34. The lowest BCUT2D eigenvalue weighted by Gasteiger charge is -2.58. The van der Waals surface area contributed by atoms with Crippen molar-refractivity contribution in [2.45, 2.75) is 56.7 Å². The highest BCUT2D eigenvalue weighted by molar-refractivity contribution is 5.02. The van der Waals surface area contributed by atoms with E-state index in [0.717, 1.165) is 24.3 Å². The van der Waals surface area contributed by atoms with Gasteiger partial charge >= 0.3 is 0 Å². The van der Waals surface area contributed by atoms with Crippen LogP contribution in [0.15, 0.2) is 0 Å². The van der Waals surface area contributed by atoms with E-state index in [1.165, 1.54) is 58.3 Å². The highest BCUT2D eigenvalue weighted by atomic mass is 16.3. The molecule has 0 aromatic carbocycles. The summed E-state index contributed by atoms with van der Waals surface area (Å²) in [6.07, 6.45) is 7.84. The molecule has 4 aliphatic heterocycles. The maximum absolute atomic E-state index is 10.4. The Bertz CT molecular complexity index is 322. The van der Waals surface area contributed by atoms with Crippen molar-refractivity contribution < 1.29 is 5.11 Å². The molecular formula is C15H26N2O. The third kappa shape index (κ3) is 1.75.